The lowest BCUT2D eigenvalue weighted by molar-refractivity contribution is -0.383. The Morgan fingerprint density at radius 2 is 1.70 bits per heavy atom. The Labute approximate surface area is 115 Å². The number of anilines is 1. The van der Waals surface area contributed by atoms with Gasteiger partial charge in [0.2, 0.25) is 0 Å². The summed E-state index contributed by atoms with van der Waals surface area (Å²) in [6.45, 7) is 0. The molecule has 0 bridgehead atoms. The number of para-hydroxylation sites is 2. The van der Waals surface area contributed by atoms with Gasteiger partial charge in [-0.25, -0.2) is 0 Å². The lowest BCUT2D eigenvalue weighted by atomic mass is 10.1. The zero-order valence-electron chi connectivity index (χ0n) is 10.5. The number of rotatable bonds is 5. The first-order valence-corrected chi connectivity index (χ1v) is 5.94. The molecule has 0 heterocycles. The maximum Gasteiger partial charge on any atom is 0.292 e. The summed E-state index contributed by atoms with van der Waals surface area (Å²) >= 11 is 0. The second kappa shape index (κ2) is 6.29. The number of carbonyl (C=O) groups is 1. The third kappa shape index (κ3) is 3.29. The third-order valence-electron chi connectivity index (χ3n) is 2.63. The number of nitro benzene ring substituents is 1. The van der Waals surface area contributed by atoms with Crippen LogP contribution < -0.4 is 5.32 Å². The Kier molecular flexibility index (Phi) is 4.24. The first-order chi connectivity index (χ1) is 9.68. The van der Waals surface area contributed by atoms with Crippen LogP contribution in [0.15, 0.2) is 66.9 Å². The van der Waals surface area contributed by atoms with E-state index in [0.717, 1.165) is 0 Å². The summed E-state index contributed by atoms with van der Waals surface area (Å²) in [7, 11) is 0. The summed E-state index contributed by atoms with van der Waals surface area (Å²) in [6.07, 6.45) is 2.74. The Morgan fingerprint density at radius 3 is 2.40 bits per heavy atom. The Hall–Kier alpha value is -2.95. The van der Waals surface area contributed by atoms with Crippen LogP contribution in [0.2, 0.25) is 0 Å². The molecule has 0 atom stereocenters. The number of nitrogens with one attached hydrogen (secondary N) is 1. The van der Waals surface area contributed by atoms with Crippen LogP contribution in [0, 0.1) is 10.1 Å². The van der Waals surface area contributed by atoms with Gasteiger partial charge < -0.3 is 5.32 Å². The first-order valence-electron chi connectivity index (χ1n) is 5.94. The van der Waals surface area contributed by atoms with Crippen molar-refractivity contribution in [2.45, 2.75) is 0 Å². The largest absolute Gasteiger partial charge is 0.356 e. The van der Waals surface area contributed by atoms with Crippen molar-refractivity contribution in [3.05, 3.63) is 82.6 Å². The monoisotopic (exact) mass is 268 g/mol. The number of hydrogen-bond acceptors (Lipinski definition) is 4. The molecule has 5 heteroatoms. The highest BCUT2D eigenvalue weighted by Gasteiger charge is 2.10. The number of nitro groups is 1. The quantitative estimate of drug-likeness (QED) is 0.390. The zero-order valence-corrected chi connectivity index (χ0v) is 10.5. The number of hydrogen-bond donors (Lipinski definition) is 1. The van der Waals surface area contributed by atoms with Crippen LogP contribution in [0.25, 0.3) is 0 Å². The number of allylic oxidation sites excluding steroid dienone is 1. The summed E-state index contributed by atoms with van der Waals surface area (Å²) < 4.78 is 0. The van der Waals surface area contributed by atoms with Gasteiger partial charge in [-0.15, -0.1) is 0 Å². The van der Waals surface area contributed by atoms with E-state index in [9.17, 15) is 14.9 Å². The van der Waals surface area contributed by atoms with Gasteiger partial charge in [0, 0.05) is 23.9 Å². The van der Waals surface area contributed by atoms with E-state index in [1.165, 1.54) is 18.3 Å². The van der Waals surface area contributed by atoms with Gasteiger partial charge in [-0.1, -0.05) is 42.5 Å². The number of carbonyl (C=O) groups excluding carboxylic acids is 1. The molecular formula is C15H12N2O3. The minimum Gasteiger partial charge on any atom is -0.356 e. The van der Waals surface area contributed by atoms with Gasteiger partial charge in [-0.05, 0) is 6.07 Å². The smallest absolute Gasteiger partial charge is 0.292 e. The van der Waals surface area contributed by atoms with E-state index in [1.807, 2.05) is 6.07 Å². The van der Waals surface area contributed by atoms with E-state index in [1.54, 1.807) is 42.5 Å². The minimum atomic E-state index is -0.477. The van der Waals surface area contributed by atoms with Crippen molar-refractivity contribution in [3.8, 4) is 0 Å². The van der Waals surface area contributed by atoms with E-state index in [4.69, 9.17) is 0 Å². The molecule has 0 radical (unpaired) electrons. The first kappa shape index (κ1) is 13.5. The fraction of sp³-hybridized carbons (Fsp3) is 0. The van der Waals surface area contributed by atoms with E-state index in [2.05, 4.69) is 5.32 Å². The van der Waals surface area contributed by atoms with E-state index in [-0.39, 0.29) is 11.5 Å². The molecule has 2 aromatic rings. The average Bonchev–Trinajstić information content (AvgIpc) is 2.48. The van der Waals surface area contributed by atoms with Crippen molar-refractivity contribution >= 4 is 17.2 Å². The van der Waals surface area contributed by atoms with Gasteiger partial charge in [0.1, 0.15) is 5.69 Å². The molecule has 5 nitrogen and oxygen atoms in total. The number of ketones is 1. The maximum absolute atomic E-state index is 11.8. The van der Waals surface area contributed by atoms with Crippen LogP contribution in [-0.2, 0) is 0 Å². The van der Waals surface area contributed by atoms with E-state index in [0.29, 0.717) is 11.3 Å². The van der Waals surface area contributed by atoms with Gasteiger partial charge in [-0.2, -0.15) is 0 Å². The second-order valence-electron chi connectivity index (χ2n) is 3.98. The van der Waals surface area contributed by atoms with Crippen LogP contribution in [0.5, 0.6) is 0 Å². The molecule has 0 aromatic heterocycles. The molecule has 0 aliphatic rings. The minimum absolute atomic E-state index is 0.0377. The highest BCUT2D eigenvalue weighted by atomic mass is 16.6. The van der Waals surface area contributed by atoms with Crippen molar-refractivity contribution in [2.24, 2.45) is 0 Å². The third-order valence-corrected chi connectivity index (χ3v) is 2.63. The average molecular weight is 268 g/mol. The predicted octanol–water partition coefficient (Wildman–Crippen LogP) is 3.40. The fourth-order valence-corrected chi connectivity index (χ4v) is 1.66. The SMILES string of the molecule is O=C(/C=C\Nc1ccccc1[N+](=O)[O-])c1ccccc1. The van der Waals surface area contributed by atoms with E-state index >= 15 is 0 Å². The lowest BCUT2D eigenvalue weighted by Gasteiger charge is -2.01. The summed E-state index contributed by atoms with van der Waals surface area (Å²) in [5, 5.41) is 13.6. The van der Waals surface area contributed by atoms with Crippen molar-refractivity contribution in [3.63, 3.8) is 0 Å². The zero-order chi connectivity index (χ0) is 14.4. The van der Waals surface area contributed by atoms with Crippen molar-refractivity contribution in [1.82, 2.24) is 0 Å². The van der Waals surface area contributed by atoms with Crippen molar-refractivity contribution in [2.75, 3.05) is 5.32 Å². The van der Waals surface area contributed by atoms with Gasteiger partial charge in [0.05, 0.1) is 4.92 Å². The number of nitrogens with zero attached hydrogens (tertiary/aromatic N) is 1. The van der Waals surface area contributed by atoms with Crippen molar-refractivity contribution < 1.29 is 9.72 Å². The Balaban J connectivity index is 2.08. The molecule has 0 aliphatic heterocycles. The normalized spacial score (nSPS) is 10.4. The van der Waals surface area contributed by atoms with Crippen molar-refractivity contribution in [1.29, 1.82) is 0 Å². The van der Waals surface area contributed by atoms with Gasteiger partial charge in [-0.3, -0.25) is 14.9 Å². The van der Waals surface area contributed by atoms with Gasteiger partial charge >= 0.3 is 0 Å². The molecule has 0 saturated carbocycles. The molecule has 0 fully saturated rings. The molecular weight excluding hydrogens is 256 g/mol. The fourth-order valence-electron chi connectivity index (χ4n) is 1.66. The molecule has 0 spiro atoms. The summed E-state index contributed by atoms with van der Waals surface area (Å²) in [5.41, 5.74) is 0.868. The van der Waals surface area contributed by atoms with E-state index < -0.39 is 4.92 Å². The molecule has 1 N–H and O–H groups in total. The highest BCUT2D eigenvalue weighted by Crippen LogP contribution is 2.22. The van der Waals surface area contributed by atoms with Crippen LogP contribution in [-0.4, -0.2) is 10.7 Å². The van der Waals surface area contributed by atoms with Gasteiger partial charge in [0.25, 0.3) is 5.69 Å². The standard InChI is InChI=1S/C15H12N2O3/c18-15(12-6-2-1-3-7-12)10-11-16-13-8-4-5-9-14(13)17(19)20/h1-11,16H/b11-10-. The Morgan fingerprint density at radius 1 is 1.05 bits per heavy atom. The predicted molar refractivity (Wildman–Crippen MR) is 76.6 cm³/mol. The van der Waals surface area contributed by atoms with Crippen LogP contribution in [0.1, 0.15) is 10.4 Å². The topological polar surface area (TPSA) is 72.2 Å². The number of benzene rings is 2. The second-order valence-corrected chi connectivity index (χ2v) is 3.98. The molecule has 0 saturated heterocycles. The summed E-state index contributed by atoms with van der Waals surface area (Å²) in [4.78, 5) is 22.1. The molecule has 0 unspecified atom stereocenters. The Bertz CT molecular complexity index is 651. The molecule has 0 amide bonds. The molecule has 0 aliphatic carbocycles. The lowest BCUT2D eigenvalue weighted by Crippen LogP contribution is -1.98. The van der Waals surface area contributed by atoms with Gasteiger partial charge in [0.15, 0.2) is 5.78 Å². The molecule has 2 rings (SSSR count). The summed E-state index contributed by atoms with van der Waals surface area (Å²) in [5.74, 6) is -0.170. The molecule has 2 aromatic carbocycles. The highest BCUT2D eigenvalue weighted by molar-refractivity contribution is 6.04. The molecule has 20 heavy (non-hydrogen) atoms. The van der Waals surface area contributed by atoms with Crippen LogP contribution in [0.3, 0.4) is 0 Å². The maximum atomic E-state index is 11.8. The summed E-state index contributed by atoms with van der Waals surface area (Å²) in [6, 6.07) is 15.0. The van der Waals surface area contributed by atoms with Crippen LogP contribution in [0.4, 0.5) is 11.4 Å². The van der Waals surface area contributed by atoms with Crippen LogP contribution >= 0.6 is 0 Å². The molecule has 100 valence electrons.